The molecule has 0 saturated carbocycles. The summed E-state index contributed by atoms with van der Waals surface area (Å²) in [5.41, 5.74) is 0. The van der Waals surface area contributed by atoms with Crippen LogP contribution in [0, 0.1) is 0 Å². The van der Waals surface area contributed by atoms with Gasteiger partial charge in [0.2, 0.25) is 5.95 Å². The second kappa shape index (κ2) is 5.88. The van der Waals surface area contributed by atoms with E-state index in [0.29, 0.717) is 6.04 Å². The third-order valence-corrected chi connectivity index (χ3v) is 4.16. The number of H-pyrrole nitrogens is 1. The predicted octanol–water partition coefficient (Wildman–Crippen LogP) is 1.23. The summed E-state index contributed by atoms with van der Waals surface area (Å²) in [7, 11) is 2.03. The molecule has 0 aromatic carbocycles. The summed E-state index contributed by atoms with van der Waals surface area (Å²) in [6.07, 6.45) is 5.85. The number of aromatic amines is 1. The van der Waals surface area contributed by atoms with E-state index in [2.05, 4.69) is 25.4 Å². The minimum atomic E-state index is 0.116. The molecule has 1 aromatic rings. The first kappa shape index (κ1) is 12.9. The van der Waals surface area contributed by atoms with Crippen molar-refractivity contribution in [1.29, 1.82) is 0 Å². The van der Waals surface area contributed by atoms with Crippen LogP contribution in [0.3, 0.4) is 0 Å². The van der Waals surface area contributed by atoms with E-state index in [1.807, 2.05) is 7.05 Å². The van der Waals surface area contributed by atoms with Crippen molar-refractivity contribution < 1.29 is 4.74 Å². The number of piperidine rings is 1. The van der Waals surface area contributed by atoms with Crippen molar-refractivity contribution in [2.75, 3.05) is 31.6 Å². The minimum Gasteiger partial charge on any atom is -0.370 e. The largest absolute Gasteiger partial charge is 0.370 e. The number of nitrogens with zero attached hydrogens (tertiary/aromatic N) is 3. The zero-order valence-corrected chi connectivity index (χ0v) is 11.6. The number of anilines is 1. The highest BCUT2D eigenvalue weighted by Gasteiger charge is 2.24. The van der Waals surface area contributed by atoms with Crippen LogP contribution in [0.1, 0.15) is 44.0 Å². The molecule has 3 heterocycles. The Morgan fingerprint density at radius 3 is 2.79 bits per heavy atom. The molecular formula is C13H23N5O. The molecule has 1 unspecified atom stereocenters. The molecular weight excluding hydrogens is 242 g/mol. The highest BCUT2D eigenvalue weighted by atomic mass is 16.5. The van der Waals surface area contributed by atoms with Gasteiger partial charge in [-0.2, -0.15) is 4.98 Å². The molecule has 6 nitrogen and oxygen atoms in total. The maximum atomic E-state index is 5.74. The lowest BCUT2D eigenvalue weighted by atomic mass is 10.1. The van der Waals surface area contributed by atoms with Crippen molar-refractivity contribution in [3.05, 3.63) is 5.82 Å². The molecule has 0 radical (unpaired) electrons. The van der Waals surface area contributed by atoms with Crippen LogP contribution in [0.4, 0.5) is 5.95 Å². The molecule has 0 bridgehead atoms. The molecule has 3 rings (SSSR count). The quantitative estimate of drug-likeness (QED) is 0.860. The monoisotopic (exact) mass is 265 g/mol. The van der Waals surface area contributed by atoms with E-state index in [1.54, 1.807) is 0 Å². The average Bonchev–Trinajstić information content (AvgIpc) is 2.98. The number of hydrogen-bond donors (Lipinski definition) is 2. The molecule has 2 aliphatic rings. The second-order valence-electron chi connectivity index (χ2n) is 5.43. The molecule has 106 valence electrons. The molecule has 0 spiro atoms. The lowest BCUT2D eigenvalue weighted by Crippen LogP contribution is -2.41. The van der Waals surface area contributed by atoms with Gasteiger partial charge in [-0.1, -0.05) is 0 Å². The van der Waals surface area contributed by atoms with Crippen LogP contribution in [-0.2, 0) is 4.74 Å². The number of aromatic nitrogens is 3. The molecule has 2 N–H and O–H groups in total. The number of nitrogens with one attached hydrogen (secondary N) is 2. The van der Waals surface area contributed by atoms with Crippen molar-refractivity contribution in [2.24, 2.45) is 0 Å². The zero-order chi connectivity index (χ0) is 13.1. The molecule has 19 heavy (non-hydrogen) atoms. The highest BCUT2D eigenvalue weighted by molar-refractivity contribution is 5.29. The maximum absolute atomic E-state index is 5.74. The molecule has 2 fully saturated rings. The standard InChI is InChI=1S/C13H23N5O/c1-14-10-5-7-18(8-6-10)13-15-12(16-17-13)11-4-2-3-9-19-11/h10-11,14H,2-9H2,1H3,(H,15,16,17). The van der Waals surface area contributed by atoms with Gasteiger partial charge in [-0.3, -0.25) is 5.10 Å². The van der Waals surface area contributed by atoms with E-state index in [4.69, 9.17) is 4.74 Å². The first-order valence-corrected chi connectivity index (χ1v) is 7.33. The van der Waals surface area contributed by atoms with Crippen molar-refractivity contribution >= 4 is 5.95 Å². The van der Waals surface area contributed by atoms with Gasteiger partial charge >= 0.3 is 0 Å². The van der Waals surface area contributed by atoms with Crippen LogP contribution < -0.4 is 10.2 Å². The SMILES string of the molecule is CNC1CCN(c2n[nH]c(C3CCCCO3)n2)CC1. The zero-order valence-electron chi connectivity index (χ0n) is 11.6. The number of ether oxygens (including phenoxy) is 1. The maximum Gasteiger partial charge on any atom is 0.244 e. The molecule has 1 atom stereocenters. The number of rotatable bonds is 3. The van der Waals surface area contributed by atoms with E-state index in [1.165, 1.54) is 6.42 Å². The van der Waals surface area contributed by atoms with Crippen LogP contribution in [-0.4, -0.2) is 48.0 Å². The number of hydrogen-bond acceptors (Lipinski definition) is 5. The Balaban J connectivity index is 1.61. The Morgan fingerprint density at radius 1 is 1.26 bits per heavy atom. The van der Waals surface area contributed by atoms with Gasteiger partial charge in [0.15, 0.2) is 5.82 Å². The Labute approximate surface area is 113 Å². The van der Waals surface area contributed by atoms with Gasteiger partial charge in [-0.05, 0) is 39.2 Å². The second-order valence-corrected chi connectivity index (χ2v) is 5.43. The van der Waals surface area contributed by atoms with Crippen molar-refractivity contribution in [3.63, 3.8) is 0 Å². The van der Waals surface area contributed by atoms with Gasteiger partial charge in [-0.25, -0.2) is 0 Å². The lowest BCUT2D eigenvalue weighted by molar-refractivity contribution is 0.00969. The van der Waals surface area contributed by atoms with E-state index in [0.717, 1.165) is 57.2 Å². The molecule has 1 aromatic heterocycles. The fourth-order valence-electron chi connectivity index (χ4n) is 2.87. The summed E-state index contributed by atoms with van der Waals surface area (Å²) in [4.78, 5) is 6.88. The van der Waals surface area contributed by atoms with Crippen molar-refractivity contribution in [2.45, 2.75) is 44.2 Å². The van der Waals surface area contributed by atoms with E-state index in [9.17, 15) is 0 Å². The Bertz CT molecular complexity index is 393. The van der Waals surface area contributed by atoms with Gasteiger partial charge in [-0.15, -0.1) is 5.10 Å². The fourth-order valence-corrected chi connectivity index (χ4v) is 2.87. The molecule has 2 saturated heterocycles. The van der Waals surface area contributed by atoms with Crippen LogP contribution in [0.15, 0.2) is 0 Å². The van der Waals surface area contributed by atoms with Gasteiger partial charge in [0.05, 0.1) is 0 Å². The molecule has 6 heteroatoms. The molecule has 2 aliphatic heterocycles. The highest BCUT2D eigenvalue weighted by Crippen LogP contribution is 2.26. The fraction of sp³-hybridized carbons (Fsp3) is 0.846. The first-order valence-electron chi connectivity index (χ1n) is 7.33. The van der Waals surface area contributed by atoms with E-state index >= 15 is 0 Å². The van der Waals surface area contributed by atoms with Gasteiger partial charge in [0, 0.05) is 25.7 Å². The lowest BCUT2D eigenvalue weighted by Gasteiger charge is -2.30. The van der Waals surface area contributed by atoms with E-state index in [-0.39, 0.29) is 6.10 Å². The smallest absolute Gasteiger partial charge is 0.244 e. The topological polar surface area (TPSA) is 66.1 Å². The van der Waals surface area contributed by atoms with Crippen LogP contribution in [0.5, 0.6) is 0 Å². The van der Waals surface area contributed by atoms with Crippen LogP contribution in [0.2, 0.25) is 0 Å². The third kappa shape index (κ3) is 2.90. The van der Waals surface area contributed by atoms with Crippen LogP contribution in [0.25, 0.3) is 0 Å². The Morgan fingerprint density at radius 2 is 2.11 bits per heavy atom. The molecule has 0 aliphatic carbocycles. The van der Waals surface area contributed by atoms with Gasteiger partial charge in [0.25, 0.3) is 0 Å². The van der Waals surface area contributed by atoms with Gasteiger partial charge < -0.3 is 15.0 Å². The predicted molar refractivity (Wildman–Crippen MR) is 73.2 cm³/mol. The van der Waals surface area contributed by atoms with Crippen molar-refractivity contribution in [1.82, 2.24) is 20.5 Å². The Hall–Kier alpha value is -1.14. The Kier molecular flexibility index (Phi) is 3.98. The third-order valence-electron chi connectivity index (χ3n) is 4.16. The summed E-state index contributed by atoms with van der Waals surface area (Å²) >= 11 is 0. The average molecular weight is 265 g/mol. The van der Waals surface area contributed by atoms with Crippen LogP contribution >= 0.6 is 0 Å². The van der Waals surface area contributed by atoms with Gasteiger partial charge in [0.1, 0.15) is 6.10 Å². The van der Waals surface area contributed by atoms with E-state index < -0.39 is 0 Å². The molecule has 0 amide bonds. The van der Waals surface area contributed by atoms with Crippen molar-refractivity contribution in [3.8, 4) is 0 Å². The summed E-state index contributed by atoms with van der Waals surface area (Å²) in [5, 5.41) is 10.7. The first-order chi connectivity index (χ1) is 9.36. The minimum absolute atomic E-state index is 0.116. The summed E-state index contributed by atoms with van der Waals surface area (Å²) in [6, 6.07) is 0.636. The summed E-state index contributed by atoms with van der Waals surface area (Å²) in [6.45, 7) is 2.89. The normalized spacial score (nSPS) is 25.7. The summed E-state index contributed by atoms with van der Waals surface area (Å²) < 4.78 is 5.74. The summed E-state index contributed by atoms with van der Waals surface area (Å²) in [5.74, 6) is 1.73.